The number of likely N-dealkylation sites (tertiary alicyclic amines) is 1. The van der Waals surface area contributed by atoms with Crippen LogP contribution in [0.1, 0.15) is 31.2 Å². The Bertz CT molecular complexity index is 474. The zero-order chi connectivity index (χ0) is 14.7. The van der Waals surface area contributed by atoms with E-state index >= 15 is 0 Å². The molecule has 1 aromatic rings. The van der Waals surface area contributed by atoms with Gasteiger partial charge in [0.1, 0.15) is 0 Å². The first-order chi connectivity index (χ1) is 10.3. The summed E-state index contributed by atoms with van der Waals surface area (Å²) in [4.78, 5) is 4.92. The molecule has 0 aliphatic carbocycles. The van der Waals surface area contributed by atoms with Crippen molar-refractivity contribution < 1.29 is 5.11 Å². The van der Waals surface area contributed by atoms with Gasteiger partial charge in [-0.15, -0.1) is 0 Å². The molecule has 0 aromatic heterocycles. The molecule has 2 fully saturated rings. The van der Waals surface area contributed by atoms with Crippen molar-refractivity contribution in [2.24, 2.45) is 5.92 Å². The lowest BCUT2D eigenvalue weighted by Gasteiger charge is -2.33. The molecule has 3 nitrogen and oxygen atoms in total. The third-order valence-electron chi connectivity index (χ3n) is 4.78. The summed E-state index contributed by atoms with van der Waals surface area (Å²) in [5, 5.41) is 10.3. The summed E-state index contributed by atoms with van der Waals surface area (Å²) < 4.78 is 0. The molecule has 2 aliphatic rings. The monoisotopic (exact) mass is 308 g/mol. The molecule has 2 heterocycles. The Balaban J connectivity index is 1.77. The molecule has 1 aromatic carbocycles. The highest BCUT2D eigenvalue weighted by Crippen LogP contribution is 2.32. The lowest BCUT2D eigenvalue weighted by atomic mass is 9.98. The number of benzene rings is 1. The van der Waals surface area contributed by atoms with Crippen molar-refractivity contribution >= 4 is 17.3 Å². The summed E-state index contributed by atoms with van der Waals surface area (Å²) in [6, 6.07) is 6.27. The van der Waals surface area contributed by atoms with Crippen LogP contribution in [0.2, 0.25) is 5.02 Å². The van der Waals surface area contributed by atoms with E-state index in [0.29, 0.717) is 12.5 Å². The van der Waals surface area contributed by atoms with Gasteiger partial charge < -0.3 is 10.0 Å². The van der Waals surface area contributed by atoms with Gasteiger partial charge in [0.05, 0.1) is 0 Å². The number of piperidine rings is 1. The van der Waals surface area contributed by atoms with Crippen LogP contribution in [-0.4, -0.2) is 42.8 Å². The fourth-order valence-corrected chi connectivity index (χ4v) is 3.85. The van der Waals surface area contributed by atoms with Crippen LogP contribution in [0.15, 0.2) is 18.2 Å². The Kier molecular flexibility index (Phi) is 5.04. The number of aliphatic hydroxyl groups excluding tert-OH is 1. The highest BCUT2D eigenvalue weighted by Gasteiger charge is 2.23. The third-order valence-corrected chi connectivity index (χ3v) is 5.14. The average Bonchev–Trinajstić information content (AvgIpc) is 3.04. The van der Waals surface area contributed by atoms with Crippen LogP contribution >= 0.6 is 11.6 Å². The third kappa shape index (κ3) is 3.53. The summed E-state index contributed by atoms with van der Waals surface area (Å²) in [6.07, 6.45) is 4.88. The highest BCUT2D eigenvalue weighted by molar-refractivity contribution is 6.31. The fourth-order valence-electron chi connectivity index (χ4n) is 3.63. The van der Waals surface area contributed by atoms with Crippen LogP contribution in [-0.2, 0) is 6.54 Å². The Morgan fingerprint density at radius 1 is 1.14 bits per heavy atom. The Hall–Kier alpha value is -0.770. The van der Waals surface area contributed by atoms with Crippen LogP contribution in [0.4, 0.5) is 5.69 Å². The van der Waals surface area contributed by atoms with Crippen molar-refractivity contribution in [2.75, 3.05) is 37.7 Å². The average molecular weight is 309 g/mol. The molecule has 2 aliphatic heterocycles. The van der Waals surface area contributed by atoms with E-state index in [1.54, 1.807) is 0 Å². The standard InChI is InChI=1S/C17H25ClN2O/c18-16-6-3-7-17(20-9-1-2-10-20)15(16)12-19-8-4-5-14(11-19)13-21/h3,6-7,14,21H,1-2,4-5,8-13H2/t14-/m1/s1. The number of nitrogens with zero attached hydrogens (tertiary/aromatic N) is 2. The number of hydrogen-bond acceptors (Lipinski definition) is 3. The van der Waals surface area contributed by atoms with Crippen molar-refractivity contribution in [3.63, 3.8) is 0 Å². The fraction of sp³-hybridized carbons (Fsp3) is 0.647. The van der Waals surface area contributed by atoms with Crippen LogP contribution in [0.25, 0.3) is 0 Å². The van der Waals surface area contributed by atoms with Crippen molar-refractivity contribution in [2.45, 2.75) is 32.2 Å². The molecular weight excluding hydrogens is 284 g/mol. The summed E-state index contributed by atoms with van der Waals surface area (Å²) >= 11 is 6.49. The number of aliphatic hydroxyl groups is 1. The van der Waals surface area contributed by atoms with Crippen LogP contribution < -0.4 is 4.90 Å². The van der Waals surface area contributed by atoms with Gasteiger partial charge in [-0.05, 0) is 50.3 Å². The second-order valence-corrected chi connectivity index (χ2v) is 6.76. The van der Waals surface area contributed by atoms with Gasteiger partial charge in [-0.25, -0.2) is 0 Å². The molecular formula is C17H25ClN2O. The largest absolute Gasteiger partial charge is 0.396 e. The molecule has 0 saturated carbocycles. The highest BCUT2D eigenvalue weighted by atomic mass is 35.5. The number of rotatable bonds is 4. The van der Waals surface area contributed by atoms with Gasteiger partial charge in [0.2, 0.25) is 0 Å². The smallest absolute Gasteiger partial charge is 0.0471 e. The minimum atomic E-state index is 0.304. The zero-order valence-corrected chi connectivity index (χ0v) is 13.4. The van der Waals surface area contributed by atoms with E-state index in [-0.39, 0.29) is 0 Å². The Morgan fingerprint density at radius 3 is 2.71 bits per heavy atom. The van der Waals surface area contributed by atoms with Crippen LogP contribution in [0.3, 0.4) is 0 Å². The normalized spacial score (nSPS) is 23.7. The summed E-state index contributed by atoms with van der Waals surface area (Å²) in [5.41, 5.74) is 2.57. The van der Waals surface area contributed by atoms with Gasteiger partial charge in [0.25, 0.3) is 0 Å². The van der Waals surface area contributed by atoms with Crippen molar-refractivity contribution in [3.8, 4) is 0 Å². The maximum Gasteiger partial charge on any atom is 0.0471 e. The Labute approximate surface area is 132 Å². The van der Waals surface area contributed by atoms with Gasteiger partial charge in [-0.2, -0.15) is 0 Å². The minimum absolute atomic E-state index is 0.304. The van der Waals surface area contributed by atoms with E-state index in [0.717, 1.165) is 44.2 Å². The van der Waals surface area contributed by atoms with Crippen molar-refractivity contribution in [1.82, 2.24) is 4.90 Å². The van der Waals surface area contributed by atoms with Crippen LogP contribution in [0.5, 0.6) is 0 Å². The molecule has 0 spiro atoms. The topological polar surface area (TPSA) is 26.7 Å². The number of hydrogen-bond donors (Lipinski definition) is 1. The van der Waals surface area contributed by atoms with E-state index < -0.39 is 0 Å². The van der Waals surface area contributed by atoms with E-state index in [9.17, 15) is 5.11 Å². The van der Waals surface area contributed by atoms with E-state index in [1.165, 1.54) is 30.5 Å². The molecule has 0 amide bonds. The summed E-state index contributed by atoms with van der Waals surface area (Å²) in [7, 11) is 0. The van der Waals surface area contributed by atoms with Gasteiger partial charge in [0, 0.05) is 49.1 Å². The molecule has 0 bridgehead atoms. The van der Waals surface area contributed by atoms with Crippen LogP contribution in [0, 0.1) is 5.92 Å². The Morgan fingerprint density at radius 2 is 1.95 bits per heavy atom. The van der Waals surface area contributed by atoms with Gasteiger partial charge in [0.15, 0.2) is 0 Å². The molecule has 0 unspecified atom stereocenters. The van der Waals surface area contributed by atoms with Gasteiger partial charge in [-0.3, -0.25) is 4.90 Å². The molecule has 2 saturated heterocycles. The predicted molar refractivity (Wildman–Crippen MR) is 88.0 cm³/mol. The zero-order valence-electron chi connectivity index (χ0n) is 12.6. The molecule has 1 atom stereocenters. The summed E-state index contributed by atoms with van der Waals surface area (Å²) in [5.74, 6) is 0.427. The molecule has 116 valence electrons. The van der Waals surface area contributed by atoms with Gasteiger partial charge >= 0.3 is 0 Å². The first-order valence-electron chi connectivity index (χ1n) is 8.13. The van der Waals surface area contributed by atoms with E-state index in [4.69, 9.17) is 11.6 Å². The molecule has 4 heteroatoms. The molecule has 0 radical (unpaired) electrons. The van der Waals surface area contributed by atoms with E-state index in [1.807, 2.05) is 6.07 Å². The van der Waals surface area contributed by atoms with E-state index in [2.05, 4.69) is 21.9 Å². The SMILES string of the molecule is OC[C@@H]1CCCN(Cc2c(Cl)cccc2N2CCCC2)C1. The first-order valence-corrected chi connectivity index (χ1v) is 8.51. The number of anilines is 1. The van der Waals surface area contributed by atoms with Crippen molar-refractivity contribution in [1.29, 1.82) is 0 Å². The quantitative estimate of drug-likeness (QED) is 0.925. The maximum absolute atomic E-state index is 9.40. The molecule has 1 N–H and O–H groups in total. The second-order valence-electron chi connectivity index (χ2n) is 6.36. The minimum Gasteiger partial charge on any atom is -0.396 e. The van der Waals surface area contributed by atoms with Gasteiger partial charge in [-0.1, -0.05) is 17.7 Å². The molecule has 21 heavy (non-hydrogen) atoms. The first kappa shape index (κ1) is 15.1. The lowest BCUT2D eigenvalue weighted by molar-refractivity contribution is 0.116. The lowest BCUT2D eigenvalue weighted by Crippen LogP contribution is -2.36. The van der Waals surface area contributed by atoms with Crippen molar-refractivity contribution in [3.05, 3.63) is 28.8 Å². The predicted octanol–water partition coefficient (Wildman–Crippen LogP) is 3.14. The maximum atomic E-state index is 9.40. The number of halogens is 1. The second kappa shape index (κ2) is 6.99. The summed E-state index contributed by atoms with van der Waals surface area (Å²) in [6.45, 7) is 5.60. The molecule has 3 rings (SSSR count).